The highest BCUT2D eigenvalue weighted by Crippen LogP contribution is 2.24. The van der Waals surface area contributed by atoms with Gasteiger partial charge in [-0.05, 0) is 38.0 Å². The molecule has 0 aliphatic heterocycles. The second-order valence-corrected chi connectivity index (χ2v) is 6.58. The Kier molecular flexibility index (Phi) is 5.69. The topological polar surface area (TPSA) is 54.0 Å². The van der Waals surface area contributed by atoms with E-state index >= 15 is 0 Å². The lowest BCUT2D eigenvalue weighted by molar-refractivity contribution is -0.114. The molecule has 0 bridgehead atoms. The van der Waals surface area contributed by atoms with Crippen molar-refractivity contribution in [1.29, 1.82) is 0 Å². The van der Waals surface area contributed by atoms with Crippen LogP contribution in [0.25, 0.3) is 0 Å². The van der Waals surface area contributed by atoms with Gasteiger partial charge in [-0.25, -0.2) is 4.98 Å². The fraction of sp³-hybridized carbons (Fsp3) is 0.412. The molecule has 2 aromatic rings. The number of hydrogen-bond acceptors (Lipinski definition) is 4. The molecule has 1 aromatic carbocycles. The first-order valence-electron chi connectivity index (χ1n) is 7.57. The van der Waals surface area contributed by atoms with Gasteiger partial charge in [0.1, 0.15) is 5.01 Å². The lowest BCUT2D eigenvalue weighted by Crippen LogP contribution is -2.22. The zero-order valence-corrected chi connectivity index (χ0v) is 14.3. The molecule has 0 unspecified atom stereocenters. The van der Waals surface area contributed by atoms with Crippen molar-refractivity contribution in [2.24, 2.45) is 0 Å². The third-order valence-corrected chi connectivity index (χ3v) is 4.82. The Morgan fingerprint density at radius 3 is 2.73 bits per heavy atom. The van der Waals surface area contributed by atoms with Crippen molar-refractivity contribution in [3.63, 3.8) is 0 Å². The molecule has 2 rings (SSSR count). The standard InChI is InChI=1S/C17H23N3OS/c1-5-16-10-18-17(22-16)12(3)19-11(2)14-7-6-8-15(9-14)20-13(4)21/h6-12,19H,5H2,1-4H3,(H,20,21)/t11-,12+/m0/s1. The molecule has 0 aliphatic carbocycles. The van der Waals surface area contributed by atoms with Gasteiger partial charge >= 0.3 is 0 Å². The van der Waals surface area contributed by atoms with Gasteiger partial charge < -0.3 is 10.6 Å². The second kappa shape index (κ2) is 7.51. The number of nitrogens with zero attached hydrogens (tertiary/aromatic N) is 1. The van der Waals surface area contributed by atoms with Crippen LogP contribution in [0.4, 0.5) is 5.69 Å². The minimum Gasteiger partial charge on any atom is -0.326 e. The van der Waals surface area contributed by atoms with Crippen molar-refractivity contribution in [1.82, 2.24) is 10.3 Å². The van der Waals surface area contributed by atoms with Crippen LogP contribution in [0.5, 0.6) is 0 Å². The van der Waals surface area contributed by atoms with E-state index in [0.717, 1.165) is 22.7 Å². The van der Waals surface area contributed by atoms with Crippen LogP contribution in [-0.4, -0.2) is 10.9 Å². The molecule has 1 amide bonds. The maximum absolute atomic E-state index is 11.2. The minimum atomic E-state index is -0.0546. The number of benzene rings is 1. The molecule has 0 spiro atoms. The fourth-order valence-corrected chi connectivity index (χ4v) is 3.19. The zero-order valence-electron chi connectivity index (χ0n) is 13.5. The molecule has 118 valence electrons. The highest BCUT2D eigenvalue weighted by Gasteiger charge is 2.14. The number of aromatic nitrogens is 1. The summed E-state index contributed by atoms with van der Waals surface area (Å²) >= 11 is 1.76. The van der Waals surface area contributed by atoms with Crippen LogP contribution in [0.1, 0.15) is 55.2 Å². The van der Waals surface area contributed by atoms with E-state index in [1.54, 1.807) is 11.3 Å². The summed E-state index contributed by atoms with van der Waals surface area (Å²) in [6, 6.07) is 8.31. The number of carbonyl (C=O) groups excluding carboxylic acids is 1. The predicted octanol–water partition coefficient (Wildman–Crippen LogP) is 4.08. The summed E-state index contributed by atoms with van der Waals surface area (Å²) in [5.41, 5.74) is 1.97. The summed E-state index contributed by atoms with van der Waals surface area (Å²) in [6.07, 6.45) is 2.99. The lowest BCUT2D eigenvalue weighted by Gasteiger charge is -2.19. The maximum atomic E-state index is 11.2. The number of thiazole rings is 1. The monoisotopic (exact) mass is 317 g/mol. The number of anilines is 1. The van der Waals surface area contributed by atoms with Crippen LogP contribution in [0, 0.1) is 0 Å². The van der Waals surface area contributed by atoms with Gasteiger partial charge in [-0.3, -0.25) is 4.79 Å². The van der Waals surface area contributed by atoms with Gasteiger partial charge in [-0.15, -0.1) is 11.3 Å². The SMILES string of the molecule is CCc1cnc([C@@H](C)N[C@@H](C)c2cccc(NC(C)=O)c2)s1. The predicted molar refractivity (Wildman–Crippen MR) is 92.2 cm³/mol. The van der Waals surface area contributed by atoms with E-state index in [1.807, 2.05) is 24.4 Å². The van der Waals surface area contributed by atoms with Gasteiger partial charge in [0, 0.05) is 29.7 Å². The van der Waals surface area contributed by atoms with E-state index in [1.165, 1.54) is 11.8 Å². The van der Waals surface area contributed by atoms with Gasteiger partial charge in [0.25, 0.3) is 0 Å². The third kappa shape index (κ3) is 4.39. The minimum absolute atomic E-state index is 0.0546. The van der Waals surface area contributed by atoms with E-state index in [4.69, 9.17) is 0 Å². The Labute approximate surface area is 136 Å². The number of aryl methyl sites for hydroxylation is 1. The van der Waals surface area contributed by atoms with E-state index < -0.39 is 0 Å². The molecule has 1 aromatic heterocycles. The molecule has 1 heterocycles. The van der Waals surface area contributed by atoms with Crippen molar-refractivity contribution in [2.45, 2.75) is 46.2 Å². The summed E-state index contributed by atoms with van der Waals surface area (Å²) in [5, 5.41) is 7.50. The number of rotatable bonds is 6. The molecular formula is C17H23N3OS. The van der Waals surface area contributed by atoms with Crippen molar-refractivity contribution in [2.75, 3.05) is 5.32 Å². The molecule has 0 aliphatic rings. The average molecular weight is 317 g/mol. The highest BCUT2D eigenvalue weighted by molar-refractivity contribution is 7.11. The van der Waals surface area contributed by atoms with Crippen LogP contribution in [0.2, 0.25) is 0 Å². The van der Waals surface area contributed by atoms with Crippen LogP contribution in [0.3, 0.4) is 0 Å². The molecule has 0 fully saturated rings. The van der Waals surface area contributed by atoms with Gasteiger partial charge in [0.15, 0.2) is 0 Å². The van der Waals surface area contributed by atoms with Crippen molar-refractivity contribution >= 4 is 22.9 Å². The van der Waals surface area contributed by atoms with Gasteiger partial charge in [0.2, 0.25) is 5.91 Å². The lowest BCUT2D eigenvalue weighted by atomic mass is 10.1. The normalized spacial score (nSPS) is 13.6. The van der Waals surface area contributed by atoms with Crippen LogP contribution in [-0.2, 0) is 11.2 Å². The largest absolute Gasteiger partial charge is 0.326 e. The van der Waals surface area contributed by atoms with Crippen LogP contribution < -0.4 is 10.6 Å². The Bertz CT molecular complexity index is 638. The quantitative estimate of drug-likeness (QED) is 0.844. The molecule has 22 heavy (non-hydrogen) atoms. The summed E-state index contributed by atoms with van der Waals surface area (Å²) < 4.78 is 0. The molecule has 2 atom stereocenters. The molecule has 0 radical (unpaired) electrons. The third-order valence-electron chi connectivity index (χ3n) is 3.50. The number of carbonyl (C=O) groups is 1. The Morgan fingerprint density at radius 1 is 1.32 bits per heavy atom. The van der Waals surface area contributed by atoms with Crippen molar-refractivity contribution in [3.8, 4) is 0 Å². The molecule has 0 saturated carbocycles. The van der Waals surface area contributed by atoms with Crippen LogP contribution >= 0.6 is 11.3 Å². The van der Waals surface area contributed by atoms with E-state index in [9.17, 15) is 4.79 Å². The smallest absolute Gasteiger partial charge is 0.221 e. The van der Waals surface area contributed by atoms with E-state index in [2.05, 4.69) is 42.5 Å². The van der Waals surface area contributed by atoms with Crippen molar-refractivity contribution in [3.05, 3.63) is 45.9 Å². The second-order valence-electron chi connectivity index (χ2n) is 5.44. The molecule has 5 heteroatoms. The first-order chi connectivity index (χ1) is 10.5. The number of amides is 1. The zero-order chi connectivity index (χ0) is 16.1. The molecule has 0 saturated heterocycles. The van der Waals surface area contributed by atoms with Crippen LogP contribution in [0.15, 0.2) is 30.5 Å². The Balaban J connectivity index is 2.04. The Hall–Kier alpha value is -1.72. The summed E-state index contributed by atoms with van der Waals surface area (Å²) in [4.78, 5) is 17.0. The van der Waals surface area contributed by atoms with Gasteiger partial charge in [-0.1, -0.05) is 19.1 Å². The van der Waals surface area contributed by atoms with Gasteiger partial charge in [-0.2, -0.15) is 0 Å². The highest BCUT2D eigenvalue weighted by atomic mass is 32.1. The van der Waals surface area contributed by atoms with E-state index in [-0.39, 0.29) is 18.0 Å². The average Bonchev–Trinajstić information content (AvgIpc) is 2.95. The summed E-state index contributed by atoms with van der Waals surface area (Å²) in [6.45, 7) is 7.92. The molecular weight excluding hydrogens is 294 g/mol. The maximum Gasteiger partial charge on any atom is 0.221 e. The summed E-state index contributed by atoms with van der Waals surface area (Å²) in [7, 11) is 0. The number of hydrogen-bond donors (Lipinski definition) is 2. The Morgan fingerprint density at radius 2 is 2.09 bits per heavy atom. The molecule has 4 nitrogen and oxygen atoms in total. The first kappa shape index (κ1) is 16.6. The van der Waals surface area contributed by atoms with Crippen molar-refractivity contribution < 1.29 is 4.79 Å². The first-order valence-corrected chi connectivity index (χ1v) is 8.39. The summed E-state index contributed by atoms with van der Waals surface area (Å²) in [5.74, 6) is -0.0546. The fourth-order valence-electron chi connectivity index (χ4n) is 2.32. The van der Waals surface area contributed by atoms with Gasteiger partial charge in [0.05, 0.1) is 6.04 Å². The number of nitrogens with one attached hydrogen (secondary N) is 2. The van der Waals surface area contributed by atoms with E-state index in [0.29, 0.717) is 0 Å². The molecule has 2 N–H and O–H groups in total.